The molecule has 1 heterocycles. The van der Waals surface area contributed by atoms with Gasteiger partial charge in [-0.2, -0.15) is 17.0 Å². The maximum atomic E-state index is 12.2. The van der Waals surface area contributed by atoms with Crippen molar-refractivity contribution in [3.05, 3.63) is 0 Å². The number of unbranched alkanes of at least 4 members (excludes halogenated alkanes) is 1. The van der Waals surface area contributed by atoms with Crippen LogP contribution in [0.2, 0.25) is 0 Å². The van der Waals surface area contributed by atoms with Gasteiger partial charge in [-0.15, -0.1) is 0 Å². The highest BCUT2D eigenvalue weighted by atomic mass is 32.2. The highest BCUT2D eigenvalue weighted by Gasteiger charge is 2.31. The van der Waals surface area contributed by atoms with Gasteiger partial charge >= 0.3 is 0 Å². The number of piperidine rings is 1. The molecule has 1 N–H and O–H groups in total. The zero-order chi connectivity index (χ0) is 12.9. The van der Waals surface area contributed by atoms with E-state index in [-0.39, 0.29) is 12.5 Å². The van der Waals surface area contributed by atoms with Crippen LogP contribution in [0.5, 0.6) is 0 Å². The van der Waals surface area contributed by atoms with Gasteiger partial charge in [0.1, 0.15) is 0 Å². The average Bonchev–Trinajstić information content (AvgIpc) is 2.35. The van der Waals surface area contributed by atoms with E-state index in [9.17, 15) is 8.42 Å². The lowest BCUT2D eigenvalue weighted by Crippen LogP contribution is -2.47. The Morgan fingerprint density at radius 3 is 2.76 bits per heavy atom. The monoisotopic (exact) mass is 264 g/mol. The normalized spacial score (nSPS) is 23.2. The largest absolute Gasteiger partial charge is 0.396 e. The van der Waals surface area contributed by atoms with E-state index >= 15 is 0 Å². The number of aliphatic hydroxyl groups is 1. The molecule has 0 aromatic heterocycles. The summed E-state index contributed by atoms with van der Waals surface area (Å²) >= 11 is 0. The summed E-state index contributed by atoms with van der Waals surface area (Å²) in [6.07, 6.45) is 3.62. The number of rotatable bonds is 6. The molecule has 0 aliphatic carbocycles. The molecule has 1 atom stereocenters. The Bertz CT molecular complexity index is 319. The van der Waals surface area contributed by atoms with E-state index in [1.807, 2.05) is 6.92 Å². The van der Waals surface area contributed by atoms with Gasteiger partial charge in [0.15, 0.2) is 0 Å². The fourth-order valence-corrected chi connectivity index (χ4v) is 3.59. The van der Waals surface area contributed by atoms with E-state index in [1.165, 1.54) is 8.61 Å². The molecule has 6 heteroatoms. The number of hydrogen-bond acceptors (Lipinski definition) is 3. The van der Waals surface area contributed by atoms with Crippen molar-refractivity contribution in [1.29, 1.82) is 0 Å². The number of nitrogens with zero attached hydrogens (tertiary/aromatic N) is 2. The molecule has 102 valence electrons. The molecule has 1 fully saturated rings. The van der Waals surface area contributed by atoms with E-state index in [1.54, 1.807) is 7.05 Å². The molecule has 0 aromatic rings. The van der Waals surface area contributed by atoms with E-state index < -0.39 is 10.2 Å². The summed E-state index contributed by atoms with van der Waals surface area (Å²) in [5, 5.41) is 9.12. The minimum Gasteiger partial charge on any atom is -0.396 e. The maximum absolute atomic E-state index is 12.2. The van der Waals surface area contributed by atoms with Crippen LogP contribution in [0.1, 0.15) is 32.6 Å². The average molecular weight is 264 g/mol. The number of aliphatic hydroxyl groups excluding tert-OH is 1. The fourth-order valence-electron chi connectivity index (χ4n) is 2.08. The highest BCUT2D eigenvalue weighted by molar-refractivity contribution is 7.86. The van der Waals surface area contributed by atoms with Crippen LogP contribution in [0.3, 0.4) is 0 Å². The zero-order valence-electron chi connectivity index (χ0n) is 10.8. The topological polar surface area (TPSA) is 60.9 Å². The lowest BCUT2D eigenvalue weighted by atomic mass is 10.0. The van der Waals surface area contributed by atoms with Gasteiger partial charge in [-0.1, -0.05) is 13.3 Å². The Balaban J connectivity index is 2.62. The van der Waals surface area contributed by atoms with E-state index in [4.69, 9.17) is 5.11 Å². The molecular weight excluding hydrogens is 240 g/mol. The van der Waals surface area contributed by atoms with E-state index in [0.29, 0.717) is 19.6 Å². The van der Waals surface area contributed by atoms with Gasteiger partial charge < -0.3 is 5.11 Å². The molecule has 1 saturated heterocycles. The van der Waals surface area contributed by atoms with Crippen molar-refractivity contribution in [3.8, 4) is 0 Å². The first-order chi connectivity index (χ1) is 8.02. The summed E-state index contributed by atoms with van der Waals surface area (Å²) in [4.78, 5) is 0. The van der Waals surface area contributed by atoms with Crippen LogP contribution < -0.4 is 0 Å². The molecule has 17 heavy (non-hydrogen) atoms. The first kappa shape index (κ1) is 14.9. The fraction of sp³-hybridized carbons (Fsp3) is 1.00. The second kappa shape index (κ2) is 6.68. The Morgan fingerprint density at radius 1 is 1.47 bits per heavy atom. The second-order valence-electron chi connectivity index (χ2n) is 4.73. The summed E-state index contributed by atoms with van der Waals surface area (Å²) in [7, 11) is -1.69. The van der Waals surface area contributed by atoms with Gasteiger partial charge in [-0.05, 0) is 25.2 Å². The summed E-state index contributed by atoms with van der Waals surface area (Å²) in [6, 6.07) is 0. The molecule has 0 bridgehead atoms. The lowest BCUT2D eigenvalue weighted by molar-refractivity contribution is 0.161. The minimum atomic E-state index is -3.32. The van der Waals surface area contributed by atoms with Gasteiger partial charge in [0.05, 0.1) is 0 Å². The number of hydrogen-bond donors (Lipinski definition) is 1. The Hall–Kier alpha value is -0.170. The van der Waals surface area contributed by atoms with Crippen molar-refractivity contribution in [2.24, 2.45) is 5.92 Å². The van der Waals surface area contributed by atoms with Crippen molar-refractivity contribution in [2.45, 2.75) is 32.6 Å². The molecule has 0 saturated carbocycles. The van der Waals surface area contributed by atoms with Crippen molar-refractivity contribution < 1.29 is 13.5 Å². The maximum Gasteiger partial charge on any atom is 0.281 e. The first-order valence-corrected chi connectivity index (χ1v) is 7.74. The molecule has 0 radical (unpaired) electrons. The van der Waals surface area contributed by atoms with Crippen LogP contribution in [0.15, 0.2) is 0 Å². The summed E-state index contributed by atoms with van der Waals surface area (Å²) in [6.45, 7) is 3.72. The first-order valence-electron chi connectivity index (χ1n) is 6.34. The van der Waals surface area contributed by atoms with Gasteiger partial charge in [-0.25, -0.2) is 0 Å². The molecule has 1 unspecified atom stereocenters. The molecule has 0 amide bonds. The van der Waals surface area contributed by atoms with Crippen LogP contribution in [0.4, 0.5) is 0 Å². The van der Waals surface area contributed by atoms with Crippen molar-refractivity contribution in [3.63, 3.8) is 0 Å². The SMILES string of the molecule is CCCCN(C)S(=O)(=O)N1CCCC(CO)C1. The third kappa shape index (κ3) is 3.91. The molecule has 1 rings (SSSR count). The van der Waals surface area contributed by atoms with E-state index in [2.05, 4.69) is 0 Å². The van der Waals surface area contributed by atoms with Crippen LogP contribution >= 0.6 is 0 Å². The zero-order valence-corrected chi connectivity index (χ0v) is 11.6. The van der Waals surface area contributed by atoms with Crippen molar-refractivity contribution in [2.75, 3.05) is 33.3 Å². The minimum absolute atomic E-state index is 0.0741. The van der Waals surface area contributed by atoms with Crippen LogP contribution in [-0.4, -0.2) is 55.4 Å². The third-order valence-electron chi connectivity index (χ3n) is 3.29. The lowest BCUT2D eigenvalue weighted by Gasteiger charge is -2.33. The summed E-state index contributed by atoms with van der Waals surface area (Å²) in [5.74, 6) is 0.0955. The summed E-state index contributed by atoms with van der Waals surface area (Å²) in [5.41, 5.74) is 0. The van der Waals surface area contributed by atoms with Crippen LogP contribution in [0.25, 0.3) is 0 Å². The smallest absolute Gasteiger partial charge is 0.281 e. The van der Waals surface area contributed by atoms with Gasteiger partial charge in [-0.3, -0.25) is 0 Å². The van der Waals surface area contributed by atoms with Gasteiger partial charge in [0, 0.05) is 33.3 Å². The van der Waals surface area contributed by atoms with Crippen molar-refractivity contribution in [1.82, 2.24) is 8.61 Å². The van der Waals surface area contributed by atoms with Gasteiger partial charge in [0.2, 0.25) is 0 Å². The van der Waals surface area contributed by atoms with Crippen molar-refractivity contribution >= 4 is 10.2 Å². The van der Waals surface area contributed by atoms with E-state index in [0.717, 1.165) is 25.7 Å². The quantitative estimate of drug-likeness (QED) is 0.767. The van der Waals surface area contributed by atoms with Crippen LogP contribution in [0, 0.1) is 5.92 Å². The Labute approximate surface area is 105 Å². The standard InChI is InChI=1S/C11H24N2O3S/c1-3-4-7-12(2)17(15,16)13-8-5-6-11(9-13)10-14/h11,14H,3-10H2,1-2H3. The highest BCUT2D eigenvalue weighted by Crippen LogP contribution is 2.20. The molecule has 0 aromatic carbocycles. The second-order valence-corrected chi connectivity index (χ2v) is 6.77. The molecular formula is C11H24N2O3S. The Kier molecular flexibility index (Phi) is 5.85. The summed E-state index contributed by atoms with van der Waals surface area (Å²) < 4.78 is 27.4. The molecule has 1 aliphatic rings. The van der Waals surface area contributed by atoms with Crippen LogP contribution in [-0.2, 0) is 10.2 Å². The van der Waals surface area contributed by atoms with Gasteiger partial charge in [0.25, 0.3) is 10.2 Å². The predicted octanol–water partition coefficient (Wildman–Crippen LogP) is 0.667. The molecule has 5 nitrogen and oxygen atoms in total. The predicted molar refractivity (Wildman–Crippen MR) is 67.8 cm³/mol. The third-order valence-corrected chi connectivity index (χ3v) is 5.24. The Morgan fingerprint density at radius 2 is 2.18 bits per heavy atom. The molecule has 0 spiro atoms. The molecule has 1 aliphatic heterocycles.